The van der Waals surface area contributed by atoms with Gasteiger partial charge in [0.15, 0.2) is 0 Å². The molecule has 0 atom stereocenters. The third-order valence-electron chi connectivity index (χ3n) is 3.45. The third kappa shape index (κ3) is 4.68. The molecule has 2 rings (SSSR count). The Morgan fingerprint density at radius 1 is 1.39 bits per heavy atom. The number of amides is 1. The smallest absolute Gasteiger partial charge is 0.237 e. The van der Waals surface area contributed by atoms with Gasteiger partial charge in [-0.2, -0.15) is 0 Å². The Morgan fingerprint density at radius 2 is 2.13 bits per heavy atom. The van der Waals surface area contributed by atoms with Gasteiger partial charge in [0.25, 0.3) is 0 Å². The summed E-state index contributed by atoms with van der Waals surface area (Å²) in [6.45, 7) is 2.54. The first-order valence-electron chi connectivity index (χ1n) is 7.52. The normalized spacial score (nSPS) is 16.8. The van der Waals surface area contributed by atoms with Crippen LogP contribution in [0, 0.1) is 0 Å². The minimum Gasteiger partial charge on any atom is -0.324 e. The molecule has 23 heavy (non-hydrogen) atoms. The average molecular weight is 358 g/mol. The summed E-state index contributed by atoms with van der Waals surface area (Å²) in [6.07, 6.45) is 1.50. The van der Waals surface area contributed by atoms with E-state index in [0.717, 1.165) is 12.8 Å². The maximum atomic E-state index is 12.2. The maximum absolute atomic E-state index is 12.2. The van der Waals surface area contributed by atoms with E-state index in [1.807, 2.05) is 6.92 Å². The zero-order valence-corrected chi connectivity index (χ0v) is 14.5. The minimum atomic E-state index is -3.38. The highest BCUT2D eigenvalue weighted by Gasteiger charge is 2.29. The van der Waals surface area contributed by atoms with Gasteiger partial charge < -0.3 is 5.32 Å². The molecule has 0 aliphatic carbocycles. The predicted octanol–water partition coefficient (Wildman–Crippen LogP) is 2.51. The number of benzene rings is 1. The van der Waals surface area contributed by atoms with Crippen LogP contribution in [0.25, 0.3) is 0 Å². The molecule has 0 saturated carbocycles. The lowest BCUT2D eigenvalue weighted by Crippen LogP contribution is -2.44. The summed E-state index contributed by atoms with van der Waals surface area (Å²) >= 11 is 6.00. The molecule has 1 aromatic carbocycles. The predicted molar refractivity (Wildman–Crippen MR) is 92.4 cm³/mol. The van der Waals surface area contributed by atoms with Gasteiger partial charge in [-0.25, -0.2) is 8.42 Å². The lowest BCUT2D eigenvalue weighted by atomic mass is 10.3. The largest absolute Gasteiger partial charge is 0.324 e. The molecule has 0 radical (unpaired) electrons. The topological polar surface area (TPSA) is 78.8 Å². The lowest BCUT2D eigenvalue weighted by molar-refractivity contribution is -0.115. The van der Waals surface area contributed by atoms with Crippen molar-refractivity contribution < 1.29 is 13.2 Å². The molecule has 1 N–H and O–H groups in total. The summed E-state index contributed by atoms with van der Waals surface area (Å²) in [5, 5.41) is 3.12. The molecule has 1 aromatic rings. The highest BCUT2D eigenvalue weighted by atomic mass is 35.5. The second-order valence-corrected chi connectivity index (χ2v) is 7.66. The van der Waals surface area contributed by atoms with E-state index in [4.69, 9.17) is 11.6 Å². The second-order valence-electron chi connectivity index (χ2n) is 5.24. The van der Waals surface area contributed by atoms with Crippen molar-refractivity contribution in [1.29, 1.82) is 0 Å². The van der Waals surface area contributed by atoms with Crippen molar-refractivity contribution >= 4 is 39.1 Å². The number of sulfonamides is 1. The van der Waals surface area contributed by atoms with E-state index in [1.54, 1.807) is 24.3 Å². The van der Waals surface area contributed by atoms with Gasteiger partial charge >= 0.3 is 0 Å². The maximum Gasteiger partial charge on any atom is 0.237 e. The van der Waals surface area contributed by atoms with Crippen molar-refractivity contribution in [3.05, 3.63) is 29.3 Å². The van der Waals surface area contributed by atoms with Crippen LogP contribution >= 0.6 is 11.6 Å². The number of unbranched alkanes of at least 4 members (excludes halogenated alkanes) is 1. The Balaban J connectivity index is 2.09. The van der Waals surface area contributed by atoms with Gasteiger partial charge in [-0.05, 0) is 18.6 Å². The van der Waals surface area contributed by atoms with Gasteiger partial charge in [0, 0.05) is 6.54 Å². The molecule has 126 valence electrons. The molecule has 0 fully saturated rings. The number of hydrogen-bond acceptors (Lipinski definition) is 4. The fraction of sp³-hybridized carbons (Fsp3) is 0.467. The van der Waals surface area contributed by atoms with E-state index in [2.05, 4.69) is 10.3 Å². The Labute approximate surface area is 141 Å². The first-order valence-corrected chi connectivity index (χ1v) is 9.51. The number of nitrogens with one attached hydrogen (secondary N) is 1. The molecular formula is C15H20ClN3O3S. The van der Waals surface area contributed by atoms with E-state index >= 15 is 0 Å². The number of halogens is 1. The fourth-order valence-electron chi connectivity index (χ4n) is 2.25. The SMILES string of the molecule is CCCCN1C(CC(=O)Nc2ccccc2Cl)=NCCS1(=O)=O. The van der Waals surface area contributed by atoms with Crippen LogP contribution in [0.3, 0.4) is 0 Å². The number of rotatable bonds is 6. The van der Waals surface area contributed by atoms with Crippen LogP contribution in [0.4, 0.5) is 5.69 Å². The van der Waals surface area contributed by atoms with Gasteiger partial charge in [0.05, 0.1) is 29.4 Å². The van der Waals surface area contributed by atoms with E-state index in [9.17, 15) is 13.2 Å². The molecule has 6 nitrogen and oxygen atoms in total. The average Bonchev–Trinajstić information content (AvgIpc) is 2.48. The summed E-state index contributed by atoms with van der Waals surface area (Å²) in [5.74, 6) is -0.0449. The van der Waals surface area contributed by atoms with Gasteiger partial charge in [0.1, 0.15) is 5.84 Å². The summed E-state index contributed by atoms with van der Waals surface area (Å²) in [5.41, 5.74) is 0.499. The Kier molecular flexibility index (Phi) is 6.01. The minimum absolute atomic E-state index is 0.00759. The number of aliphatic imine (C=N–C) groups is 1. The molecule has 0 bridgehead atoms. The summed E-state index contributed by atoms with van der Waals surface area (Å²) in [4.78, 5) is 16.4. The molecule has 0 saturated heterocycles. The summed E-state index contributed by atoms with van der Waals surface area (Å²) in [6, 6.07) is 6.89. The van der Waals surface area contributed by atoms with Gasteiger partial charge in [-0.3, -0.25) is 14.1 Å². The van der Waals surface area contributed by atoms with E-state index in [-0.39, 0.29) is 24.6 Å². The molecule has 1 aliphatic heterocycles. The van der Waals surface area contributed by atoms with Crippen LogP contribution in [0.2, 0.25) is 5.02 Å². The van der Waals surface area contributed by atoms with Crippen LogP contribution in [0.5, 0.6) is 0 Å². The van der Waals surface area contributed by atoms with E-state index in [0.29, 0.717) is 23.1 Å². The molecule has 1 aliphatic rings. The first-order chi connectivity index (χ1) is 10.9. The summed E-state index contributed by atoms with van der Waals surface area (Å²) < 4.78 is 25.6. The number of hydrogen-bond donors (Lipinski definition) is 1. The van der Waals surface area contributed by atoms with Crippen LogP contribution < -0.4 is 5.32 Å². The van der Waals surface area contributed by atoms with Crippen molar-refractivity contribution in [1.82, 2.24) is 4.31 Å². The number of nitrogens with zero attached hydrogens (tertiary/aromatic N) is 2. The molecule has 1 heterocycles. The first kappa shape index (κ1) is 17.7. The molecule has 0 aromatic heterocycles. The van der Waals surface area contributed by atoms with Crippen LogP contribution in [-0.4, -0.2) is 43.3 Å². The molecule has 8 heteroatoms. The van der Waals surface area contributed by atoms with Crippen LogP contribution in [0.15, 0.2) is 29.3 Å². The number of anilines is 1. The van der Waals surface area contributed by atoms with Crippen LogP contribution in [0.1, 0.15) is 26.2 Å². The van der Waals surface area contributed by atoms with E-state index in [1.165, 1.54) is 4.31 Å². The highest BCUT2D eigenvalue weighted by molar-refractivity contribution is 7.89. The van der Waals surface area contributed by atoms with Crippen LogP contribution in [-0.2, 0) is 14.8 Å². The Hall–Kier alpha value is -1.60. The van der Waals surface area contributed by atoms with E-state index < -0.39 is 10.0 Å². The van der Waals surface area contributed by atoms with Gasteiger partial charge in [0.2, 0.25) is 15.9 Å². The van der Waals surface area contributed by atoms with Crippen molar-refractivity contribution in [2.45, 2.75) is 26.2 Å². The highest BCUT2D eigenvalue weighted by Crippen LogP contribution is 2.21. The Morgan fingerprint density at radius 3 is 2.83 bits per heavy atom. The Bertz CT molecular complexity index is 704. The fourth-order valence-corrected chi connectivity index (χ4v) is 3.83. The number of carbonyl (C=O) groups is 1. The summed E-state index contributed by atoms with van der Waals surface area (Å²) in [7, 11) is -3.38. The third-order valence-corrected chi connectivity index (χ3v) is 5.54. The molecule has 0 spiro atoms. The van der Waals surface area contributed by atoms with Gasteiger partial charge in [-0.1, -0.05) is 37.1 Å². The number of amidine groups is 1. The molecular weight excluding hydrogens is 338 g/mol. The number of carbonyl (C=O) groups excluding carboxylic acids is 1. The van der Waals surface area contributed by atoms with Crippen molar-refractivity contribution in [2.24, 2.45) is 4.99 Å². The quantitative estimate of drug-likeness (QED) is 0.849. The molecule has 0 unspecified atom stereocenters. The lowest BCUT2D eigenvalue weighted by Gasteiger charge is -2.28. The van der Waals surface area contributed by atoms with Crippen molar-refractivity contribution in [3.8, 4) is 0 Å². The number of para-hydroxylation sites is 1. The standard InChI is InChI=1S/C15H20ClN3O3S/c1-2-3-9-19-14(17-8-10-23(19,21)22)11-15(20)18-13-7-5-4-6-12(13)16/h4-7H,2-3,8-11H2,1H3,(H,18,20). The van der Waals surface area contributed by atoms with Gasteiger partial charge in [-0.15, -0.1) is 0 Å². The zero-order valence-electron chi connectivity index (χ0n) is 13.0. The monoisotopic (exact) mass is 357 g/mol. The zero-order chi connectivity index (χ0) is 16.9. The second kappa shape index (κ2) is 7.79. The van der Waals surface area contributed by atoms with Crippen molar-refractivity contribution in [2.75, 3.05) is 24.2 Å². The molecule has 1 amide bonds. The van der Waals surface area contributed by atoms with Crippen molar-refractivity contribution in [3.63, 3.8) is 0 Å².